The molecule has 1 N–H and O–H groups in total. The van der Waals surface area contributed by atoms with Gasteiger partial charge in [0.05, 0.1) is 18.8 Å². The van der Waals surface area contributed by atoms with Crippen LogP contribution in [0.1, 0.15) is 26.2 Å². The number of aromatic nitrogens is 2. The van der Waals surface area contributed by atoms with Crippen molar-refractivity contribution in [2.75, 3.05) is 5.75 Å². The van der Waals surface area contributed by atoms with Gasteiger partial charge < -0.3 is 4.55 Å². The quantitative estimate of drug-likeness (QED) is 0.415. The van der Waals surface area contributed by atoms with E-state index in [1.165, 1.54) is 0 Å². The molecule has 0 fully saturated rings. The van der Waals surface area contributed by atoms with Gasteiger partial charge in [0.15, 0.2) is 10.1 Å². The molecule has 0 bridgehead atoms. The number of aryl methyl sites for hydroxylation is 2. The molecule has 1 rings (SSSR count). The van der Waals surface area contributed by atoms with Crippen molar-refractivity contribution in [3.8, 4) is 0 Å². The van der Waals surface area contributed by atoms with E-state index in [4.69, 9.17) is 17.5 Å². The number of hydrogen-bond acceptors (Lipinski definition) is 5. The first kappa shape index (κ1) is 22.8. The summed E-state index contributed by atoms with van der Waals surface area (Å²) >= 11 is 0. The third-order valence-electron chi connectivity index (χ3n) is 2.62. The lowest BCUT2D eigenvalue weighted by Crippen LogP contribution is -2.30. The molecule has 0 atom stereocenters. The molecule has 0 saturated heterocycles. The fourth-order valence-electron chi connectivity index (χ4n) is 1.47. The maximum Gasteiger partial charge on any atom is 0.485 e. The summed E-state index contributed by atoms with van der Waals surface area (Å²) in [7, 11) is -9.91. The molecular weight excluding hydrogens is 377 g/mol. The molecule has 1 aromatic heterocycles. The highest BCUT2D eigenvalue weighted by Crippen LogP contribution is 2.20. The van der Waals surface area contributed by atoms with Gasteiger partial charge in [-0.1, -0.05) is 13.3 Å². The van der Waals surface area contributed by atoms with E-state index in [0.29, 0.717) is 13.0 Å². The maximum absolute atomic E-state index is 10.7. The lowest BCUT2D eigenvalue weighted by Gasteiger charge is -2.08. The van der Waals surface area contributed by atoms with Gasteiger partial charge in [0.25, 0.3) is 10.1 Å². The summed E-state index contributed by atoms with van der Waals surface area (Å²) in [5, 5.41) is 0. The summed E-state index contributed by atoms with van der Waals surface area (Å²) in [5.41, 5.74) is -5.65. The van der Waals surface area contributed by atoms with Crippen LogP contribution in [0.4, 0.5) is 13.2 Å². The van der Waals surface area contributed by atoms with Gasteiger partial charge in [0.2, 0.25) is 6.33 Å². The Labute approximate surface area is 138 Å². The molecule has 1 aromatic rings. The first-order valence-corrected chi connectivity index (χ1v) is 9.80. The van der Waals surface area contributed by atoms with Crippen molar-refractivity contribution in [1.29, 1.82) is 0 Å². The van der Waals surface area contributed by atoms with Gasteiger partial charge >= 0.3 is 5.51 Å². The van der Waals surface area contributed by atoms with Crippen LogP contribution in [0.3, 0.4) is 0 Å². The molecule has 0 aliphatic rings. The molecule has 0 spiro atoms. The Hall–Kier alpha value is -1.18. The van der Waals surface area contributed by atoms with Gasteiger partial charge in [-0.25, -0.2) is 17.6 Å². The molecule has 1 heterocycles. The molecule has 0 saturated carbocycles. The topological polar surface area (TPSA) is 120 Å². The van der Waals surface area contributed by atoms with Crippen LogP contribution in [-0.2, 0) is 33.3 Å². The largest absolute Gasteiger partial charge is 0.741 e. The average Bonchev–Trinajstić information content (AvgIpc) is 2.81. The Balaban J connectivity index is 0.000000561. The average molecular weight is 396 g/mol. The minimum atomic E-state index is -6.09. The van der Waals surface area contributed by atoms with Crippen LogP contribution in [0.2, 0.25) is 0 Å². The van der Waals surface area contributed by atoms with Crippen LogP contribution >= 0.6 is 0 Å². The molecule has 0 unspecified atom stereocenters. The Morgan fingerprint density at radius 1 is 1.21 bits per heavy atom. The van der Waals surface area contributed by atoms with Crippen LogP contribution < -0.4 is 4.57 Å². The van der Waals surface area contributed by atoms with Gasteiger partial charge in [-0.15, -0.1) is 0 Å². The summed E-state index contributed by atoms with van der Waals surface area (Å²) in [5.74, 6) is -0.180. The first-order valence-electron chi connectivity index (χ1n) is 6.78. The summed E-state index contributed by atoms with van der Waals surface area (Å²) in [6.07, 6.45) is 8.57. The van der Waals surface area contributed by atoms with E-state index in [1.807, 2.05) is 23.3 Å². The van der Waals surface area contributed by atoms with E-state index < -0.39 is 25.7 Å². The number of rotatable bonds is 7. The van der Waals surface area contributed by atoms with Crippen molar-refractivity contribution in [2.45, 2.75) is 44.8 Å². The molecule has 8 nitrogen and oxygen atoms in total. The Kier molecular flexibility index (Phi) is 8.88. The lowest BCUT2D eigenvalue weighted by molar-refractivity contribution is -0.696. The van der Waals surface area contributed by atoms with E-state index in [0.717, 1.165) is 19.4 Å². The smallest absolute Gasteiger partial charge is 0.485 e. The third kappa shape index (κ3) is 10.6. The molecule has 13 heteroatoms. The number of unbranched alkanes of at least 4 members (excludes halogenated alkanes) is 1. The predicted molar refractivity (Wildman–Crippen MR) is 76.3 cm³/mol. The fourth-order valence-corrected chi connectivity index (χ4v) is 1.97. The van der Waals surface area contributed by atoms with E-state index in [2.05, 4.69) is 11.5 Å². The minimum Gasteiger partial charge on any atom is -0.741 e. The second kappa shape index (κ2) is 9.34. The summed E-state index contributed by atoms with van der Waals surface area (Å²) < 4.78 is 92.5. The van der Waals surface area contributed by atoms with Crippen LogP contribution in [0.25, 0.3) is 0 Å². The Morgan fingerprint density at radius 2 is 1.75 bits per heavy atom. The number of hydrogen-bond donors (Lipinski definition) is 1. The van der Waals surface area contributed by atoms with Crippen molar-refractivity contribution < 1.29 is 43.7 Å². The van der Waals surface area contributed by atoms with E-state index in [9.17, 15) is 21.6 Å². The van der Waals surface area contributed by atoms with Crippen LogP contribution in [0.15, 0.2) is 18.7 Å². The molecule has 24 heavy (non-hydrogen) atoms. The minimum absolute atomic E-state index is 0.180. The van der Waals surface area contributed by atoms with Crippen molar-refractivity contribution >= 4 is 20.2 Å². The number of alkyl halides is 3. The predicted octanol–water partition coefficient (Wildman–Crippen LogP) is 0.905. The Morgan fingerprint density at radius 3 is 2.17 bits per heavy atom. The second-order valence-electron chi connectivity index (χ2n) is 4.78. The monoisotopic (exact) mass is 396 g/mol. The molecule has 0 aliphatic carbocycles. The van der Waals surface area contributed by atoms with Crippen molar-refractivity contribution in [1.82, 2.24) is 4.57 Å². The zero-order chi connectivity index (χ0) is 19.0. The molecule has 142 valence electrons. The standard InChI is InChI=1S/C10H18N2O3S.CHF3O3S/c1-2-3-5-11-7-8-12(10-11)6-4-9-16(13,14)15;2-1(3,4)8(5,6)7/h7-8,10H,2-6,9H2,1H3;(H,5,6,7). The second-order valence-corrected chi connectivity index (χ2v) is 7.73. The van der Waals surface area contributed by atoms with Crippen molar-refractivity contribution in [3.05, 3.63) is 18.7 Å². The highest BCUT2D eigenvalue weighted by atomic mass is 32.2. The van der Waals surface area contributed by atoms with Gasteiger partial charge in [0.1, 0.15) is 12.4 Å². The van der Waals surface area contributed by atoms with Gasteiger partial charge in [0, 0.05) is 6.42 Å². The Bertz CT molecular complexity index is 698. The number of imidazole rings is 1. The van der Waals surface area contributed by atoms with Crippen LogP contribution in [-0.4, -0.2) is 41.8 Å². The molecule has 0 aromatic carbocycles. The zero-order valence-electron chi connectivity index (χ0n) is 12.8. The highest BCUT2D eigenvalue weighted by Gasteiger charge is 2.36. The lowest BCUT2D eigenvalue weighted by atomic mass is 10.3. The fraction of sp³-hybridized carbons (Fsp3) is 0.727. The molecule has 0 amide bonds. The van der Waals surface area contributed by atoms with Gasteiger partial charge in [-0.3, -0.25) is 4.55 Å². The number of halogens is 3. The van der Waals surface area contributed by atoms with Gasteiger partial charge in [-0.05, 0) is 6.42 Å². The zero-order valence-corrected chi connectivity index (χ0v) is 14.4. The van der Waals surface area contributed by atoms with Gasteiger partial charge in [-0.2, -0.15) is 21.6 Å². The highest BCUT2D eigenvalue weighted by molar-refractivity contribution is 7.86. The molecule has 0 radical (unpaired) electrons. The van der Waals surface area contributed by atoms with E-state index >= 15 is 0 Å². The van der Waals surface area contributed by atoms with E-state index in [-0.39, 0.29) is 5.75 Å². The van der Waals surface area contributed by atoms with Crippen LogP contribution in [0, 0.1) is 0 Å². The van der Waals surface area contributed by atoms with Crippen molar-refractivity contribution in [2.24, 2.45) is 0 Å². The SMILES string of the molecule is CCCC[n+]1ccn(CCCS(=O)(=O)O)c1.O=S(=O)([O-])C(F)(F)F. The van der Waals surface area contributed by atoms with Crippen molar-refractivity contribution in [3.63, 3.8) is 0 Å². The summed E-state index contributed by atoms with van der Waals surface area (Å²) in [6.45, 7) is 3.74. The first-order chi connectivity index (χ1) is 10.8. The van der Waals surface area contributed by atoms with Crippen LogP contribution in [0.5, 0.6) is 0 Å². The molecular formula is C11H19F3N2O6S2. The molecule has 0 aliphatic heterocycles. The maximum atomic E-state index is 10.7. The number of nitrogens with zero attached hydrogens (tertiary/aromatic N) is 2. The van der Waals surface area contributed by atoms with E-state index in [1.54, 1.807) is 0 Å². The summed E-state index contributed by atoms with van der Waals surface area (Å²) in [4.78, 5) is 0. The summed E-state index contributed by atoms with van der Waals surface area (Å²) in [6, 6.07) is 0. The normalized spacial score (nSPS) is 12.6. The third-order valence-corrected chi connectivity index (χ3v) is 3.99.